The van der Waals surface area contributed by atoms with Crippen LogP contribution in [0.5, 0.6) is 0 Å². The molecule has 0 saturated carbocycles. The molecule has 1 aromatic carbocycles. The number of sulfone groups is 1. The second-order valence-electron chi connectivity index (χ2n) is 6.11. The molecule has 0 radical (unpaired) electrons. The van der Waals surface area contributed by atoms with Crippen LogP contribution in [0.3, 0.4) is 0 Å². The first-order valence-electron chi connectivity index (χ1n) is 7.40. The summed E-state index contributed by atoms with van der Waals surface area (Å²) < 4.78 is 26.3. The predicted molar refractivity (Wildman–Crippen MR) is 96.4 cm³/mol. The van der Waals surface area contributed by atoms with Gasteiger partial charge in [-0.3, -0.25) is 0 Å². The number of rotatable bonds is 8. The first-order chi connectivity index (χ1) is 9.72. The van der Waals surface area contributed by atoms with Crippen LogP contribution in [0, 0.1) is 11.8 Å². The quantitative estimate of drug-likeness (QED) is 0.509. The van der Waals surface area contributed by atoms with Gasteiger partial charge in [-0.2, -0.15) is 0 Å². The van der Waals surface area contributed by atoms with Crippen LogP contribution in [0.25, 0.3) is 0 Å². The van der Waals surface area contributed by atoms with Crippen molar-refractivity contribution >= 4 is 41.7 Å². The molecule has 0 aliphatic carbocycles. The lowest BCUT2D eigenvalue weighted by atomic mass is 9.98. The Bertz CT molecular complexity index is 553. The van der Waals surface area contributed by atoms with E-state index in [1.165, 1.54) is 12.8 Å². The fourth-order valence-electron chi connectivity index (χ4n) is 2.20. The van der Waals surface area contributed by atoms with E-state index in [4.69, 9.17) is 0 Å². The van der Waals surface area contributed by atoms with Gasteiger partial charge >= 0.3 is 0 Å². The summed E-state index contributed by atoms with van der Waals surface area (Å²) in [7, 11) is -3.23. The molecule has 0 aliphatic heterocycles. The monoisotopic (exact) mass is 438 g/mol. The van der Waals surface area contributed by atoms with Crippen LogP contribution in [0.15, 0.2) is 32.0 Å². The molecule has 0 saturated heterocycles. The lowest BCUT2D eigenvalue weighted by molar-refractivity contribution is 0.448. The normalized spacial score (nSPS) is 13.6. The van der Waals surface area contributed by atoms with E-state index < -0.39 is 9.84 Å². The Morgan fingerprint density at radius 1 is 1.05 bits per heavy atom. The molecule has 0 N–H and O–H groups in total. The molecule has 120 valence electrons. The van der Waals surface area contributed by atoms with Gasteiger partial charge in [-0.05, 0) is 52.4 Å². The third-order valence-electron chi connectivity index (χ3n) is 3.59. The third-order valence-corrected chi connectivity index (χ3v) is 6.81. The van der Waals surface area contributed by atoms with Gasteiger partial charge in [0, 0.05) is 8.95 Å². The van der Waals surface area contributed by atoms with E-state index in [1.54, 1.807) is 12.1 Å². The second-order valence-corrected chi connectivity index (χ2v) is 9.96. The maximum atomic E-state index is 12.4. The largest absolute Gasteiger partial charge is 0.224 e. The van der Waals surface area contributed by atoms with E-state index in [0.29, 0.717) is 15.3 Å². The van der Waals surface area contributed by atoms with Crippen LogP contribution in [0.2, 0.25) is 0 Å². The summed E-state index contributed by atoms with van der Waals surface area (Å²) >= 11 is 6.66. The minimum absolute atomic E-state index is 0.213. The number of hydrogen-bond acceptors (Lipinski definition) is 2. The molecule has 5 heteroatoms. The van der Waals surface area contributed by atoms with E-state index in [2.05, 4.69) is 52.6 Å². The summed E-state index contributed by atoms with van der Waals surface area (Å²) in [6, 6.07) is 5.27. The Balaban J connectivity index is 2.59. The first kappa shape index (κ1) is 19.2. The molecular formula is C16H24Br2O2S. The van der Waals surface area contributed by atoms with Crippen molar-refractivity contribution < 1.29 is 8.42 Å². The van der Waals surface area contributed by atoms with E-state index >= 15 is 0 Å². The molecule has 0 bridgehead atoms. The van der Waals surface area contributed by atoms with Gasteiger partial charge in [0.2, 0.25) is 0 Å². The summed E-state index contributed by atoms with van der Waals surface area (Å²) in [5.41, 5.74) is 0. The molecule has 2 nitrogen and oxygen atoms in total. The molecule has 1 rings (SSSR count). The Morgan fingerprint density at radius 2 is 1.71 bits per heavy atom. The molecule has 0 aliphatic rings. The second kappa shape index (κ2) is 8.68. The molecular weight excluding hydrogens is 416 g/mol. The summed E-state index contributed by atoms with van der Waals surface area (Å²) in [6.45, 7) is 6.59. The Morgan fingerprint density at radius 3 is 2.33 bits per heavy atom. The zero-order valence-corrected chi connectivity index (χ0v) is 16.9. The fourth-order valence-corrected chi connectivity index (χ4v) is 5.30. The van der Waals surface area contributed by atoms with Gasteiger partial charge in [0.25, 0.3) is 0 Å². The van der Waals surface area contributed by atoms with Crippen molar-refractivity contribution in [1.82, 2.24) is 0 Å². The molecule has 21 heavy (non-hydrogen) atoms. The number of hydrogen-bond donors (Lipinski definition) is 0. The SMILES string of the molecule is CC(C)CCC[C@H](C)CCS(=O)(=O)c1cc(Br)ccc1Br. The van der Waals surface area contributed by atoms with E-state index in [-0.39, 0.29) is 5.75 Å². The van der Waals surface area contributed by atoms with Crippen LogP contribution in [0.1, 0.15) is 46.5 Å². The van der Waals surface area contributed by atoms with Crippen molar-refractivity contribution in [2.45, 2.75) is 51.3 Å². The van der Waals surface area contributed by atoms with E-state index in [0.717, 1.165) is 23.2 Å². The van der Waals surface area contributed by atoms with Crippen LogP contribution >= 0.6 is 31.9 Å². The smallest absolute Gasteiger partial charge is 0.179 e. The zero-order valence-electron chi connectivity index (χ0n) is 12.9. The highest BCUT2D eigenvalue weighted by molar-refractivity contribution is 9.11. The molecule has 0 fully saturated rings. The highest BCUT2D eigenvalue weighted by Gasteiger charge is 2.19. The summed E-state index contributed by atoms with van der Waals surface area (Å²) in [4.78, 5) is 0.381. The van der Waals surface area contributed by atoms with Gasteiger partial charge in [-0.25, -0.2) is 8.42 Å². The predicted octanol–water partition coefficient (Wildman–Crippen LogP) is 5.84. The Kier molecular flexibility index (Phi) is 7.93. The minimum atomic E-state index is -3.23. The van der Waals surface area contributed by atoms with Gasteiger partial charge in [-0.15, -0.1) is 0 Å². The maximum Gasteiger partial charge on any atom is 0.179 e. The summed E-state index contributed by atoms with van der Waals surface area (Å²) in [5.74, 6) is 1.38. The summed E-state index contributed by atoms with van der Waals surface area (Å²) in [6.07, 6.45) is 4.22. The molecule has 0 aromatic heterocycles. The van der Waals surface area contributed by atoms with Crippen LogP contribution < -0.4 is 0 Å². The van der Waals surface area contributed by atoms with Gasteiger partial charge in [-0.1, -0.05) is 56.0 Å². The van der Waals surface area contributed by atoms with Crippen molar-refractivity contribution in [2.75, 3.05) is 5.75 Å². The lowest BCUT2D eigenvalue weighted by Gasteiger charge is -2.13. The van der Waals surface area contributed by atoms with Gasteiger partial charge < -0.3 is 0 Å². The summed E-state index contributed by atoms with van der Waals surface area (Å²) in [5, 5.41) is 0. The van der Waals surface area contributed by atoms with Crippen LogP contribution in [0.4, 0.5) is 0 Å². The number of halogens is 2. The molecule has 0 unspecified atom stereocenters. The Hall–Kier alpha value is 0.130. The maximum absolute atomic E-state index is 12.4. The molecule has 1 aromatic rings. The highest BCUT2D eigenvalue weighted by Crippen LogP contribution is 2.28. The molecule has 0 spiro atoms. The van der Waals surface area contributed by atoms with Gasteiger partial charge in [0.1, 0.15) is 0 Å². The Labute approximate surface area is 145 Å². The van der Waals surface area contributed by atoms with Crippen molar-refractivity contribution in [3.8, 4) is 0 Å². The van der Waals surface area contributed by atoms with E-state index in [1.807, 2.05) is 6.07 Å². The third kappa shape index (κ3) is 6.83. The van der Waals surface area contributed by atoms with Crippen molar-refractivity contribution in [3.63, 3.8) is 0 Å². The first-order valence-corrected chi connectivity index (χ1v) is 10.6. The van der Waals surface area contributed by atoms with Crippen molar-refractivity contribution in [3.05, 3.63) is 27.1 Å². The van der Waals surface area contributed by atoms with Crippen LogP contribution in [-0.2, 0) is 9.84 Å². The van der Waals surface area contributed by atoms with Gasteiger partial charge in [0.15, 0.2) is 9.84 Å². The topological polar surface area (TPSA) is 34.1 Å². The average molecular weight is 440 g/mol. The van der Waals surface area contributed by atoms with Crippen LogP contribution in [-0.4, -0.2) is 14.2 Å². The van der Waals surface area contributed by atoms with E-state index in [9.17, 15) is 8.42 Å². The molecule has 0 heterocycles. The fraction of sp³-hybridized carbons (Fsp3) is 0.625. The molecule has 0 amide bonds. The minimum Gasteiger partial charge on any atom is -0.224 e. The van der Waals surface area contributed by atoms with Crippen molar-refractivity contribution in [2.24, 2.45) is 11.8 Å². The lowest BCUT2D eigenvalue weighted by Crippen LogP contribution is -2.11. The van der Waals surface area contributed by atoms with Crippen molar-refractivity contribution in [1.29, 1.82) is 0 Å². The average Bonchev–Trinajstić information content (AvgIpc) is 2.39. The standard InChI is InChI=1S/C16H24Br2O2S/c1-12(2)5-4-6-13(3)9-10-21(19,20)16-11-14(17)7-8-15(16)18/h7-8,11-13H,4-6,9-10H2,1-3H3/t13-/m0/s1. The molecule has 1 atom stereocenters. The van der Waals surface area contributed by atoms with Gasteiger partial charge in [0.05, 0.1) is 10.6 Å². The number of benzene rings is 1. The zero-order chi connectivity index (χ0) is 16.0. The highest BCUT2D eigenvalue weighted by atomic mass is 79.9.